The van der Waals surface area contributed by atoms with E-state index in [9.17, 15) is 0 Å². The molecule has 1 saturated heterocycles. The van der Waals surface area contributed by atoms with Crippen LogP contribution in [0.15, 0.2) is 18.6 Å². The fourth-order valence-electron chi connectivity index (χ4n) is 2.23. The highest BCUT2D eigenvalue weighted by Crippen LogP contribution is 2.15. The van der Waals surface area contributed by atoms with E-state index in [4.69, 9.17) is 0 Å². The Bertz CT molecular complexity index is 423. The summed E-state index contributed by atoms with van der Waals surface area (Å²) < 4.78 is 0. The highest BCUT2D eigenvalue weighted by Gasteiger charge is 2.15. The molecular weight excluding hydrogens is 188 g/mol. The zero-order valence-corrected chi connectivity index (χ0v) is 8.53. The standard InChI is InChI=1S/C11H14N4/c1-2-9(13-3-1)5-10-4-8-6-12-7-14-11(8)15-10/h4,6-7,9,13H,1-3,5H2,(H,12,14,15). The maximum atomic E-state index is 4.19. The van der Waals surface area contributed by atoms with Crippen molar-refractivity contribution in [1.82, 2.24) is 20.3 Å². The van der Waals surface area contributed by atoms with Gasteiger partial charge in [-0.25, -0.2) is 9.97 Å². The molecule has 4 heteroatoms. The Morgan fingerprint density at radius 3 is 3.27 bits per heavy atom. The molecule has 1 aliphatic heterocycles. The summed E-state index contributed by atoms with van der Waals surface area (Å²) >= 11 is 0. The second-order valence-electron chi connectivity index (χ2n) is 4.12. The molecule has 4 nitrogen and oxygen atoms in total. The number of aromatic nitrogens is 3. The van der Waals surface area contributed by atoms with E-state index in [1.807, 2.05) is 6.20 Å². The molecule has 0 saturated carbocycles. The van der Waals surface area contributed by atoms with E-state index >= 15 is 0 Å². The van der Waals surface area contributed by atoms with Gasteiger partial charge in [0.25, 0.3) is 0 Å². The number of fused-ring (bicyclic) bond motifs is 1. The molecule has 0 bridgehead atoms. The molecule has 2 N–H and O–H groups in total. The summed E-state index contributed by atoms with van der Waals surface area (Å²) in [7, 11) is 0. The predicted molar refractivity (Wildman–Crippen MR) is 58.6 cm³/mol. The number of H-pyrrole nitrogens is 1. The van der Waals surface area contributed by atoms with Crippen molar-refractivity contribution in [1.29, 1.82) is 0 Å². The number of rotatable bonds is 2. The van der Waals surface area contributed by atoms with E-state index in [1.165, 1.54) is 18.5 Å². The summed E-state index contributed by atoms with van der Waals surface area (Å²) in [5.41, 5.74) is 2.20. The van der Waals surface area contributed by atoms with E-state index < -0.39 is 0 Å². The molecule has 0 amide bonds. The second-order valence-corrected chi connectivity index (χ2v) is 4.12. The second kappa shape index (κ2) is 3.62. The molecular formula is C11H14N4. The summed E-state index contributed by atoms with van der Waals surface area (Å²) in [5, 5.41) is 4.60. The molecule has 0 spiro atoms. The number of hydrogen-bond donors (Lipinski definition) is 2. The maximum Gasteiger partial charge on any atom is 0.140 e. The van der Waals surface area contributed by atoms with Crippen LogP contribution in [0.25, 0.3) is 11.0 Å². The summed E-state index contributed by atoms with van der Waals surface area (Å²) in [6.45, 7) is 1.16. The lowest BCUT2D eigenvalue weighted by Gasteiger charge is -2.07. The first kappa shape index (κ1) is 8.85. The molecule has 1 unspecified atom stereocenters. The van der Waals surface area contributed by atoms with E-state index in [2.05, 4.69) is 26.3 Å². The van der Waals surface area contributed by atoms with Gasteiger partial charge in [-0.2, -0.15) is 0 Å². The Morgan fingerprint density at radius 2 is 2.47 bits per heavy atom. The highest BCUT2D eigenvalue weighted by molar-refractivity contribution is 5.75. The molecule has 1 atom stereocenters. The van der Waals surface area contributed by atoms with Crippen molar-refractivity contribution in [2.45, 2.75) is 25.3 Å². The van der Waals surface area contributed by atoms with Crippen molar-refractivity contribution in [3.05, 3.63) is 24.3 Å². The molecule has 2 aromatic rings. The average Bonchev–Trinajstić information content (AvgIpc) is 2.86. The molecule has 78 valence electrons. The van der Waals surface area contributed by atoms with Crippen LogP contribution in [0.5, 0.6) is 0 Å². The lowest BCUT2D eigenvalue weighted by molar-refractivity contribution is 0.597. The van der Waals surface area contributed by atoms with E-state index in [0.717, 1.165) is 24.0 Å². The summed E-state index contributed by atoms with van der Waals surface area (Å²) in [4.78, 5) is 11.5. The minimum Gasteiger partial charge on any atom is -0.343 e. The molecule has 1 aliphatic rings. The molecule has 3 heterocycles. The first-order valence-electron chi connectivity index (χ1n) is 5.43. The normalized spacial score (nSPS) is 21.2. The molecule has 0 radical (unpaired) electrons. The Labute approximate surface area is 88.1 Å². The van der Waals surface area contributed by atoms with E-state index in [-0.39, 0.29) is 0 Å². The zero-order chi connectivity index (χ0) is 10.1. The first-order valence-corrected chi connectivity index (χ1v) is 5.43. The average molecular weight is 202 g/mol. The molecule has 1 fully saturated rings. The van der Waals surface area contributed by atoms with Gasteiger partial charge in [0.05, 0.1) is 0 Å². The van der Waals surface area contributed by atoms with Crippen LogP contribution < -0.4 is 5.32 Å². The molecule has 2 aromatic heterocycles. The number of aromatic amines is 1. The van der Waals surface area contributed by atoms with Crippen LogP contribution in [-0.2, 0) is 6.42 Å². The van der Waals surface area contributed by atoms with Crippen LogP contribution in [0.2, 0.25) is 0 Å². The van der Waals surface area contributed by atoms with Gasteiger partial charge in [0, 0.05) is 29.7 Å². The van der Waals surface area contributed by atoms with Crippen molar-refractivity contribution >= 4 is 11.0 Å². The van der Waals surface area contributed by atoms with Crippen LogP contribution >= 0.6 is 0 Å². The van der Waals surface area contributed by atoms with Gasteiger partial charge in [-0.1, -0.05) is 0 Å². The summed E-state index contributed by atoms with van der Waals surface area (Å²) in [6, 6.07) is 2.78. The Kier molecular flexibility index (Phi) is 2.14. The van der Waals surface area contributed by atoms with Crippen molar-refractivity contribution in [3.63, 3.8) is 0 Å². The van der Waals surface area contributed by atoms with Gasteiger partial charge in [0.15, 0.2) is 0 Å². The molecule has 0 aliphatic carbocycles. The van der Waals surface area contributed by atoms with Crippen LogP contribution in [0.4, 0.5) is 0 Å². The van der Waals surface area contributed by atoms with Gasteiger partial charge in [-0.05, 0) is 25.5 Å². The Hall–Kier alpha value is -1.42. The van der Waals surface area contributed by atoms with Crippen molar-refractivity contribution < 1.29 is 0 Å². The minimum absolute atomic E-state index is 0.631. The monoisotopic (exact) mass is 202 g/mol. The maximum absolute atomic E-state index is 4.19. The minimum atomic E-state index is 0.631. The number of nitrogens with zero attached hydrogens (tertiary/aromatic N) is 2. The first-order chi connectivity index (χ1) is 7.42. The largest absolute Gasteiger partial charge is 0.343 e. The Balaban J connectivity index is 1.84. The molecule has 15 heavy (non-hydrogen) atoms. The topological polar surface area (TPSA) is 53.6 Å². The smallest absolute Gasteiger partial charge is 0.140 e. The SMILES string of the molecule is c1ncc2cc(CC3CCCN3)[nH]c2n1. The van der Waals surface area contributed by atoms with Gasteiger partial charge < -0.3 is 10.3 Å². The third-order valence-corrected chi connectivity index (χ3v) is 2.98. The Morgan fingerprint density at radius 1 is 1.47 bits per heavy atom. The third-order valence-electron chi connectivity index (χ3n) is 2.98. The zero-order valence-electron chi connectivity index (χ0n) is 8.53. The van der Waals surface area contributed by atoms with Crippen LogP contribution in [-0.4, -0.2) is 27.5 Å². The third kappa shape index (κ3) is 1.72. The summed E-state index contributed by atoms with van der Waals surface area (Å²) in [5.74, 6) is 0. The van der Waals surface area contributed by atoms with E-state index in [1.54, 1.807) is 6.33 Å². The molecule has 0 aromatic carbocycles. The summed E-state index contributed by atoms with van der Waals surface area (Å²) in [6.07, 6.45) is 7.07. The van der Waals surface area contributed by atoms with Crippen molar-refractivity contribution in [2.24, 2.45) is 0 Å². The van der Waals surface area contributed by atoms with Crippen LogP contribution in [0.3, 0.4) is 0 Å². The van der Waals surface area contributed by atoms with Gasteiger partial charge in [-0.3, -0.25) is 0 Å². The van der Waals surface area contributed by atoms with Gasteiger partial charge >= 0.3 is 0 Å². The lowest BCUT2D eigenvalue weighted by atomic mass is 10.1. The van der Waals surface area contributed by atoms with Crippen molar-refractivity contribution in [3.8, 4) is 0 Å². The quantitative estimate of drug-likeness (QED) is 0.770. The van der Waals surface area contributed by atoms with Crippen LogP contribution in [0.1, 0.15) is 18.5 Å². The van der Waals surface area contributed by atoms with Gasteiger partial charge in [0.1, 0.15) is 12.0 Å². The highest BCUT2D eigenvalue weighted by atomic mass is 15.0. The van der Waals surface area contributed by atoms with Crippen LogP contribution in [0, 0.1) is 0 Å². The molecule has 3 rings (SSSR count). The lowest BCUT2D eigenvalue weighted by Crippen LogP contribution is -2.23. The number of hydrogen-bond acceptors (Lipinski definition) is 3. The fourth-order valence-corrected chi connectivity index (χ4v) is 2.23. The van der Waals surface area contributed by atoms with Gasteiger partial charge in [-0.15, -0.1) is 0 Å². The number of nitrogens with one attached hydrogen (secondary N) is 2. The van der Waals surface area contributed by atoms with Crippen molar-refractivity contribution in [2.75, 3.05) is 6.54 Å². The van der Waals surface area contributed by atoms with E-state index in [0.29, 0.717) is 6.04 Å². The van der Waals surface area contributed by atoms with Gasteiger partial charge in [0.2, 0.25) is 0 Å². The predicted octanol–water partition coefficient (Wildman–Crippen LogP) is 1.25. The fraction of sp³-hybridized carbons (Fsp3) is 0.455.